The van der Waals surface area contributed by atoms with Gasteiger partial charge < -0.3 is 28.7 Å². The van der Waals surface area contributed by atoms with Crippen LogP contribution in [-0.2, 0) is 0 Å². The summed E-state index contributed by atoms with van der Waals surface area (Å²) in [5.41, 5.74) is 39.6. The summed E-state index contributed by atoms with van der Waals surface area (Å²) in [5, 5.41) is 38.2. The Morgan fingerprint density at radius 2 is 0.460 bits per heavy atom. The van der Waals surface area contributed by atoms with E-state index in [1.165, 1.54) is 172 Å². The third kappa shape index (κ3) is 10.8. The van der Waals surface area contributed by atoms with Gasteiger partial charge in [-0.1, -0.05) is 284 Å². The number of rotatable bonds is 4. The van der Waals surface area contributed by atoms with Crippen molar-refractivity contribution in [3.05, 3.63) is 335 Å². The molecule has 0 atom stereocenters. The Labute approximate surface area is 747 Å². The molecule has 0 fully saturated rings. The van der Waals surface area contributed by atoms with Gasteiger partial charge in [0.25, 0.3) is 0 Å². The van der Waals surface area contributed by atoms with E-state index in [0.717, 1.165) is 68.2 Å². The molecule has 0 radical (unpaired) electrons. The van der Waals surface area contributed by atoms with Crippen LogP contribution in [0.4, 0.5) is 68.2 Å². The second-order valence-corrected chi connectivity index (χ2v) is 38.0. The standard InChI is InChI=1S/C28H19BN2O2.C28H19BN2S2.C25H13BN2O2.C25H13BN2S2/c2*1-15-10-16(2)25(17(3)11-15)29-19-6-4-8-21-26(19)31-27-20(29)7-5-9-22(27)33-24-13-18(14-30)12-23(32-21)28(24)31;2*27-14-15-12-21-25-22(13-15)30-20-11-5-9-18-24(20)28(25)23-17(8-4-10-19(23)29-21)26(18)16-6-2-1-3-7-16/h2*4-13H,1-3H3;2*1-13H. The summed E-state index contributed by atoms with van der Waals surface area (Å²) >= 11 is 7.18. The van der Waals surface area contributed by atoms with Crippen molar-refractivity contribution in [1.82, 2.24) is 0 Å². The monoisotopic (exact) mass is 1680 g/mol. The molecule has 0 saturated carbocycles. The number of benzene rings is 16. The molecule has 0 unspecified atom stereocenters. The zero-order valence-electron chi connectivity index (χ0n) is 68.7. The average Bonchev–Trinajstić information content (AvgIpc) is 0.695. The molecule has 0 aromatic heterocycles. The van der Waals surface area contributed by atoms with Crippen molar-refractivity contribution in [1.29, 1.82) is 21.0 Å². The molecule has 0 bridgehead atoms. The molecule has 0 N–H and O–H groups in total. The first-order valence-corrected chi connectivity index (χ1v) is 45.3. The van der Waals surface area contributed by atoms with Crippen LogP contribution in [0.3, 0.4) is 0 Å². The van der Waals surface area contributed by atoms with Gasteiger partial charge in [-0.05, 0) is 158 Å². The van der Waals surface area contributed by atoms with Crippen LogP contribution in [0.1, 0.15) is 55.6 Å². The lowest BCUT2D eigenvalue weighted by molar-refractivity contribution is 0.445. The van der Waals surface area contributed by atoms with Gasteiger partial charge in [0.2, 0.25) is 26.9 Å². The fourth-order valence-electron chi connectivity index (χ4n) is 21.7. The predicted molar refractivity (Wildman–Crippen MR) is 513 cm³/mol. The largest absolute Gasteiger partial charge is 0.453 e. The van der Waals surface area contributed by atoms with Gasteiger partial charge >= 0.3 is 0 Å². The van der Waals surface area contributed by atoms with Crippen molar-refractivity contribution in [3.8, 4) is 70.3 Å². The highest BCUT2D eigenvalue weighted by Crippen LogP contribution is 2.66. The van der Waals surface area contributed by atoms with E-state index in [-0.39, 0.29) is 26.9 Å². The lowest BCUT2D eigenvalue weighted by Crippen LogP contribution is -2.59. The Kier molecular flexibility index (Phi) is 16.5. The van der Waals surface area contributed by atoms with Crippen molar-refractivity contribution in [2.24, 2.45) is 0 Å². The van der Waals surface area contributed by atoms with Gasteiger partial charge in [0.15, 0.2) is 46.0 Å². The Hall–Kier alpha value is -14.5. The quantitative estimate of drug-likeness (QED) is 0.154. The maximum absolute atomic E-state index is 9.64. The summed E-state index contributed by atoms with van der Waals surface area (Å²) in [5.74, 6) is 5.78. The van der Waals surface area contributed by atoms with Crippen LogP contribution in [-0.4, -0.2) is 26.9 Å². The summed E-state index contributed by atoms with van der Waals surface area (Å²) in [7, 11) is 0. The van der Waals surface area contributed by atoms with E-state index in [1.54, 1.807) is 71.3 Å². The zero-order chi connectivity index (χ0) is 84.5. The first kappa shape index (κ1) is 74.2. The summed E-state index contributed by atoms with van der Waals surface area (Å²) < 4.78 is 25.4. The zero-order valence-corrected chi connectivity index (χ0v) is 72.0. The normalized spacial score (nSPS) is 13.9. The highest BCUT2D eigenvalue weighted by atomic mass is 32.2. The number of nitriles is 4. The van der Waals surface area contributed by atoms with E-state index in [2.05, 4.69) is 273 Å². The molecule has 0 saturated heterocycles. The molecule has 0 aliphatic carbocycles. The fourth-order valence-corrected chi connectivity index (χ4v) is 26.5. The van der Waals surface area contributed by atoms with Gasteiger partial charge in [-0.2, -0.15) is 21.0 Å². The minimum atomic E-state index is 0.0698. The Balaban J connectivity index is 0.0000000917. The fraction of sp³-hybridized carbons (Fsp3) is 0.0566. The van der Waals surface area contributed by atoms with E-state index < -0.39 is 0 Å². The lowest BCUT2D eigenvalue weighted by atomic mass is 9.33. The van der Waals surface area contributed by atoms with Gasteiger partial charge in [0.1, 0.15) is 11.4 Å². The van der Waals surface area contributed by atoms with Crippen molar-refractivity contribution in [2.75, 3.05) is 19.6 Å². The van der Waals surface area contributed by atoms with E-state index in [0.29, 0.717) is 34.1 Å². The maximum Gasteiger partial charge on any atom is 0.247 e. The molecule has 20 heteroatoms. The Morgan fingerprint density at radius 3 is 0.738 bits per heavy atom. The molecular formula is C106H64B4N8O4S4. The molecule has 126 heavy (non-hydrogen) atoms. The summed E-state index contributed by atoms with van der Waals surface area (Å²) in [6, 6.07) is 107. The molecule has 28 rings (SSSR count). The number of nitrogens with zero attached hydrogens (tertiary/aromatic N) is 8. The molecule has 12 aliphatic rings. The maximum atomic E-state index is 9.64. The molecule has 12 heterocycles. The van der Waals surface area contributed by atoms with E-state index >= 15 is 0 Å². The number of para-hydroxylation sites is 8. The van der Waals surface area contributed by atoms with Crippen molar-refractivity contribution < 1.29 is 18.9 Å². The van der Waals surface area contributed by atoms with Crippen LogP contribution in [0.15, 0.2) is 318 Å². The molecule has 0 amide bonds. The molecule has 16 aromatic rings. The SMILES string of the molecule is Cc1cc(C)c(B2c3cccc4c3N3c5c(cc(C#N)cc5Oc5cccc2c53)O4)c(C)c1.Cc1cc(C)c(B2c3cccc4c3N3c5c(cc(C#N)cc5Sc5cccc2c53)S4)c(C)c1.N#Cc1cc2c3c(c1)Oc1cccc4c1N3c1c(cccc1B4c1ccccc1)O2.N#Cc1cc2c3c(c1)Sc1cccc4c1N3c1c(cccc1B4c1ccccc1)S2. The number of aryl methyl sites for hydroxylation is 6. The molecular weight excluding hydrogens is 1620 g/mol. The topological polar surface area (TPSA) is 145 Å². The Bertz CT molecular complexity index is 7040. The highest BCUT2D eigenvalue weighted by molar-refractivity contribution is 8.01. The van der Waals surface area contributed by atoms with Crippen LogP contribution in [0.25, 0.3) is 0 Å². The van der Waals surface area contributed by atoms with Crippen LogP contribution in [0, 0.1) is 86.9 Å². The van der Waals surface area contributed by atoms with Crippen LogP contribution in [0.5, 0.6) is 46.0 Å². The molecule has 588 valence electrons. The number of hydrogen-bond acceptors (Lipinski definition) is 16. The first-order valence-electron chi connectivity index (χ1n) is 42.0. The number of ether oxygens (including phenoxy) is 4. The summed E-state index contributed by atoms with van der Waals surface area (Å²) in [6.45, 7) is 13.8. The van der Waals surface area contributed by atoms with Crippen molar-refractivity contribution in [3.63, 3.8) is 0 Å². The minimum absolute atomic E-state index is 0.0698. The van der Waals surface area contributed by atoms with Gasteiger partial charge in [-0.3, -0.25) is 9.80 Å². The summed E-state index contributed by atoms with van der Waals surface area (Å²) in [6.07, 6.45) is 0. The van der Waals surface area contributed by atoms with Crippen LogP contribution in [0.2, 0.25) is 0 Å². The Morgan fingerprint density at radius 1 is 0.222 bits per heavy atom. The number of anilines is 12. The average molecular weight is 1690 g/mol. The highest BCUT2D eigenvalue weighted by Gasteiger charge is 2.51. The van der Waals surface area contributed by atoms with Crippen LogP contribution >= 0.6 is 47.0 Å². The van der Waals surface area contributed by atoms with Gasteiger partial charge in [-0.25, -0.2) is 0 Å². The molecule has 0 spiro atoms. The van der Waals surface area contributed by atoms with E-state index in [1.807, 2.05) is 66.7 Å². The van der Waals surface area contributed by atoms with E-state index in [4.69, 9.17) is 18.9 Å². The van der Waals surface area contributed by atoms with Gasteiger partial charge in [-0.15, -0.1) is 0 Å². The molecule has 12 aliphatic heterocycles. The van der Waals surface area contributed by atoms with Gasteiger partial charge in [0.05, 0.1) is 103 Å². The molecule has 12 nitrogen and oxygen atoms in total. The predicted octanol–water partition coefficient (Wildman–Crippen LogP) is 19.6. The second-order valence-electron chi connectivity index (χ2n) is 33.6. The second kappa shape index (κ2) is 28.0. The minimum Gasteiger partial charge on any atom is -0.453 e. The van der Waals surface area contributed by atoms with Crippen molar-refractivity contribution >= 4 is 208 Å². The third-order valence-corrected chi connectivity index (χ3v) is 30.5. The van der Waals surface area contributed by atoms with Crippen molar-refractivity contribution in [2.45, 2.75) is 80.7 Å². The number of hydrogen-bond donors (Lipinski definition) is 0. The van der Waals surface area contributed by atoms with Gasteiger partial charge in [0, 0.05) is 63.4 Å². The summed E-state index contributed by atoms with van der Waals surface area (Å²) in [4.78, 5) is 19.2. The third-order valence-electron chi connectivity index (χ3n) is 26.2. The smallest absolute Gasteiger partial charge is 0.247 e. The van der Waals surface area contributed by atoms with Crippen LogP contribution < -0.4 is 104 Å². The molecule has 16 aromatic carbocycles. The lowest BCUT2D eigenvalue weighted by Gasteiger charge is -2.45. The first-order chi connectivity index (χ1) is 61.8. The van der Waals surface area contributed by atoms with E-state index in [9.17, 15) is 21.0 Å².